The average Bonchev–Trinajstić information content (AvgIpc) is 3.49. The van der Waals surface area contributed by atoms with E-state index < -0.39 is 7.14 Å². The van der Waals surface area contributed by atoms with Gasteiger partial charge in [-0.1, -0.05) is 115 Å². The van der Waals surface area contributed by atoms with Crippen LogP contribution >= 0.6 is 7.14 Å². The lowest BCUT2D eigenvalue weighted by Gasteiger charge is -2.34. The van der Waals surface area contributed by atoms with Crippen molar-refractivity contribution in [1.29, 1.82) is 0 Å². The molecular weight excluding hydrogens is 591 g/mol. The number of fused-ring (bicyclic) bond motifs is 6. The van der Waals surface area contributed by atoms with Crippen LogP contribution in [-0.4, -0.2) is 4.57 Å². The molecule has 0 saturated carbocycles. The van der Waals surface area contributed by atoms with Gasteiger partial charge in [0.2, 0.25) is 0 Å². The van der Waals surface area contributed by atoms with Crippen molar-refractivity contribution in [2.75, 3.05) is 4.90 Å². The van der Waals surface area contributed by atoms with Crippen molar-refractivity contribution < 1.29 is 4.57 Å². The third-order valence-corrected chi connectivity index (χ3v) is 12.6. The van der Waals surface area contributed by atoms with E-state index in [1.54, 1.807) is 0 Å². The minimum Gasteiger partial charge on any atom is -0.310 e. The van der Waals surface area contributed by atoms with E-state index in [0.29, 0.717) is 0 Å². The molecule has 3 nitrogen and oxygen atoms in total. The Balaban J connectivity index is 1.24. The van der Waals surface area contributed by atoms with Crippen molar-refractivity contribution in [3.05, 3.63) is 187 Å². The van der Waals surface area contributed by atoms with E-state index in [1.807, 2.05) is 60.7 Å². The lowest BCUT2D eigenvalue weighted by molar-refractivity contribution is 0.592. The number of rotatable bonds is 5. The van der Waals surface area contributed by atoms with E-state index in [4.69, 9.17) is 0 Å². The summed E-state index contributed by atoms with van der Waals surface area (Å²) in [4.78, 5) is 2.38. The zero-order valence-electron chi connectivity index (χ0n) is 25.7. The quantitative estimate of drug-likeness (QED) is 0.179. The van der Waals surface area contributed by atoms with Crippen LogP contribution in [0.4, 0.5) is 17.1 Å². The first kappa shape index (κ1) is 27.7. The normalized spacial score (nSPS) is 12.6. The molecule has 0 saturated heterocycles. The largest absolute Gasteiger partial charge is 0.310 e. The monoisotopic (exact) mass is 622 g/mol. The van der Waals surface area contributed by atoms with Crippen molar-refractivity contribution in [2.45, 2.75) is 6.42 Å². The molecule has 8 aromatic rings. The number of hydrogen-bond acceptors (Lipinski definition) is 2. The standard InChI is InChI=1S/C43H31N2OP/c46-47(34-17-6-2-7-18-34,35-19-8-3-9-20-35)36-26-24-33(25-27-36)44-39-22-12-10-14-31(39)30-38-41(44)28-29-42-43(38)37-21-11-13-23-40(37)45(42)32-15-4-1-5-16-32/h1-29H,30H2. The fraction of sp³-hybridized carbons (Fsp3) is 0.0233. The van der Waals surface area contributed by atoms with Crippen LogP contribution < -0.4 is 20.8 Å². The van der Waals surface area contributed by atoms with E-state index in [2.05, 4.69) is 125 Å². The summed E-state index contributed by atoms with van der Waals surface area (Å²) in [5, 5.41) is 5.04. The number of aromatic nitrogens is 1. The van der Waals surface area contributed by atoms with Crippen molar-refractivity contribution in [3.63, 3.8) is 0 Å². The first-order chi connectivity index (χ1) is 23.2. The summed E-state index contributed by atoms with van der Waals surface area (Å²) < 4.78 is 17.5. The fourth-order valence-electron chi connectivity index (χ4n) is 7.38. The smallest absolute Gasteiger partial charge is 0.171 e. The molecule has 0 fully saturated rings. The highest BCUT2D eigenvalue weighted by atomic mass is 31.2. The van der Waals surface area contributed by atoms with Gasteiger partial charge in [-0.3, -0.25) is 0 Å². The van der Waals surface area contributed by atoms with Gasteiger partial charge in [0.15, 0.2) is 7.14 Å². The van der Waals surface area contributed by atoms with E-state index in [0.717, 1.165) is 33.7 Å². The number of nitrogens with zero attached hydrogens (tertiary/aromatic N) is 2. The van der Waals surface area contributed by atoms with Gasteiger partial charge in [-0.25, -0.2) is 0 Å². The highest BCUT2D eigenvalue weighted by Crippen LogP contribution is 2.49. The van der Waals surface area contributed by atoms with Gasteiger partial charge >= 0.3 is 0 Å². The van der Waals surface area contributed by atoms with Crippen molar-refractivity contribution in [2.24, 2.45) is 0 Å². The van der Waals surface area contributed by atoms with Crippen LogP contribution in [0.1, 0.15) is 11.1 Å². The zero-order valence-corrected chi connectivity index (χ0v) is 26.6. The maximum absolute atomic E-state index is 15.1. The van der Waals surface area contributed by atoms with Gasteiger partial charge in [0.1, 0.15) is 0 Å². The number of hydrogen-bond donors (Lipinski definition) is 0. The minimum absolute atomic E-state index is 0.825. The zero-order chi connectivity index (χ0) is 31.4. The summed E-state index contributed by atoms with van der Waals surface area (Å²) >= 11 is 0. The SMILES string of the molecule is O=P(c1ccccc1)(c1ccccc1)c1ccc(N2c3ccccc3Cc3c2ccc2c3c3ccccc3n2-c2ccccc2)cc1. The molecule has 7 aromatic carbocycles. The maximum Gasteiger partial charge on any atom is 0.171 e. The molecule has 0 aliphatic carbocycles. The lowest BCUT2D eigenvalue weighted by atomic mass is 9.91. The van der Waals surface area contributed by atoms with E-state index in [1.165, 1.54) is 44.3 Å². The molecule has 0 amide bonds. The Morgan fingerprint density at radius 1 is 0.447 bits per heavy atom. The molecule has 1 aliphatic heterocycles. The molecule has 0 atom stereocenters. The molecular formula is C43H31N2OP. The molecule has 224 valence electrons. The van der Waals surface area contributed by atoms with Crippen molar-refractivity contribution >= 4 is 61.9 Å². The average molecular weight is 623 g/mol. The van der Waals surface area contributed by atoms with Gasteiger partial charge in [0, 0.05) is 50.2 Å². The Labute approximate surface area is 274 Å². The summed E-state index contributed by atoms with van der Waals surface area (Å²) in [7, 11) is -3.08. The highest BCUT2D eigenvalue weighted by molar-refractivity contribution is 7.85. The van der Waals surface area contributed by atoms with E-state index in [-0.39, 0.29) is 0 Å². The van der Waals surface area contributed by atoms with Crippen LogP contribution in [-0.2, 0) is 11.0 Å². The van der Waals surface area contributed by atoms with E-state index >= 15 is 4.57 Å². The second-order valence-corrected chi connectivity index (χ2v) is 14.9. The summed E-state index contributed by atoms with van der Waals surface area (Å²) in [6.45, 7) is 0. The highest BCUT2D eigenvalue weighted by Gasteiger charge is 2.31. The summed E-state index contributed by atoms with van der Waals surface area (Å²) in [5.41, 5.74) is 9.56. The molecule has 0 spiro atoms. The number of benzene rings is 7. The number of para-hydroxylation sites is 3. The van der Waals surface area contributed by atoms with Crippen LogP contribution in [0.2, 0.25) is 0 Å². The third kappa shape index (κ3) is 4.31. The predicted molar refractivity (Wildman–Crippen MR) is 198 cm³/mol. The lowest BCUT2D eigenvalue weighted by Crippen LogP contribution is -2.25. The van der Waals surface area contributed by atoms with Crippen LogP contribution in [0.5, 0.6) is 0 Å². The molecule has 1 aliphatic rings. The second kappa shape index (κ2) is 11.0. The third-order valence-electron chi connectivity index (χ3n) is 9.49. The molecule has 2 heterocycles. The topological polar surface area (TPSA) is 25.2 Å². The Hall–Kier alpha value is -5.63. The summed E-state index contributed by atoms with van der Waals surface area (Å²) in [6, 6.07) is 60.8. The van der Waals surface area contributed by atoms with Gasteiger partial charge in [-0.15, -0.1) is 0 Å². The van der Waals surface area contributed by atoms with Crippen molar-refractivity contribution in [3.8, 4) is 5.69 Å². The number of anilines is 3. The molecule has 0 N–H and O–H groups in total. The summed E-state index contributed by atoms with van der Waals surface area (Å²) in [5.74, 6) is 0. The Bertz CT molecular complexity index is 2410. The van der Waals surface area contributed by atoms with Crippen LogP contribution in [0, 0.1) is 0 Å². The summed E-state index contributed by atoms with van der Waals surface area (Å²) in [6.07, 6.45) is 0.845. The van der Waals surface area contributed by atoms with E-state index in [9.17, 15) is 0 Å². The molecule has 1 aromatic heterocycles. The van der Waals surface area contributed by atoms with Crippen molar-refractivity contribution in [1.82, 2.24) is 4.57 Å². The first-order valence-corrected chi connectivity index (χ1v) is 17.7. The Kier molecular flexibility index (Phi) is 6.48. The van der Waals surface area contributed by atoms with Crippen LogP contribution in [0.3, 0.4) is 0 Å². The van der Waals surface area contributed by atoms with Crippen LogP contribution in [0.15, 0.2) is 176 Å². The van der Waals surface area contributed by atoms with Gasteiger partial charge in [-0.2, -0.15) is 0 Å². The Morgan fingerprint density at radius 2 is 1.02 bits per heavy atom. The van der Waals surface area contributed by atoms with Gasteiger partial charge in [0.05, 0.1) is 16.7 Å². The van der Waals surface area contributed by atoms with Gasteiger partial charge < -0.3 is 14.0 Å². The molecule has 0 unspecified atom stereocenters. The fourth-order valence-corrected chi connectivity index (χ4v) is 10.0. The van der Waals surface area contributed by atoms with Gasteiger partial charge in [-0.05, 0) is 71.8 Å². The van der Waals surface area contributed by atoms with Crippen LogP contribution in [0.25, 0.3) is 27.5 Å². The minimum atomic E-state index is -3.08. The second-order valence-electron chi connectivity index (χ2n) is 12.1. The first-order valence-electron chi connectivity index (χ1n) is 16.0. The Morgan fingerprint density at radius 3 is 1.72 bits per heavy atom. The molecule has 0 radical (unpaired) electrons. The molecule has 47 heavy (non-hydrogen) atoms. The molecule has 4 heteroatoms. The molecule has 9 rings (SSSR count). The predicted octanol–water partition coefficient (Wildman–Crippen LogP) is 9.80. The molecule has 0 bridgehead atoms. The van der Waals surface area contributed by atoms with Gasteiger partial charge in [0.25, 0.3) is 0 Å². The maximum atomic E-state index is 15.1.